The molecule has 1 unspecified atom stereocenters. The van der Waals surface area contributed by atoms with Gasteiger partial charge < -0.3 is 19.5 Å². The van der Waals surface area contributed by atoms with Crippen molar-refractivity contribution in [1.29, 1.82) is 0 Å². The van der Waals surface area contributed by atoms with Gasteiger partial charge in [0.2, 0.25) is 0 Å². The predicted octanol–water partition coefficient (Wildman–Crippen LogP) is 5.01. The van der Waals surface area contributed by atoms with Gasteiger partial charge >= 0.3 is 0 Å². The summed E-state index contributed by atoms with van der Waals surface area (Å²) in [4.78, 5) is 27.4. The second-order valence-electron chi connectivity index (χ2n) is 7.83. The van der Waals surface area contributed by atoms with Gasteiger partial charge in [-0.2, -0.15) is 0 Å². The number of aliphatic hydroxyl groups excluding tert-OH is 1. The number of ether oxygens (including phenoxy) is 2. The van der Waals surface area contributed by atoms with Gasteiger partial charge in [-0.25, -0.2) is 0 Å². The zero-order valence-electron chi connectivity index (χ0n) is 19.2. The van der Waals surface area contributed by atoms with Gasteiger partial charge in [-0.05, 0) is 68.1 Å². The van der Waals surface area contributed by atoms with E-state index in [0.29, 0.717) is 37.5 Å². The minimum Gasteiger partial charge on any atom is -0.507 e. The molecule has 6 nitrogen and oxygen atoms in total. The van der Waals surface area contributed by atoms with Crippen LogP contribution < -0.4 is 9.47 Å². The molecule has 1 saturated heterocycles. The summed E-state index contributed by atoms with van der Waals surface area (Å²) in [5.41, 5.74) is 2.15. The number of aliphatic hydroxyl groups is 1. The summed E-state index contributed by atoms with van der Waals surface area (Å²) in [5, 5.41) is 11.2. The van der Waals surface area contributed by atoms with Gasteiger partial charge in [0, 0.05) is 12.1 Å². The Hall–Kier alpha value is -3.28. The van der Waals surface area contributed by atoms with E-state index in [9.17, 15) is 14.7 Å². The van der Waals surface area contributed by atoms with Crippen molar-refractivity contribution >= 4 is 17.4 Å². The smallest absolute Gasteiger partial charge is 0.295 e. The Morgan fingerprint density at radius 3 is 2.47 bits per heavy atom. The van der Waals surface area contributed by atoms with Gasteiger partial charge in [0.15, 0.2) is 0 Å². The summed E-state index contributed by atoms with van der Waals surface area (Å²) in [5.74, 6) is -0.0679. The van der Waals surface area contributed by atoms with Crippen LogP contribution in [-0.2, 0) is 9.59 Å². The normalized spacial score (nSPS) is 17.6. The average Bonchev–Trinajstić information content (AvgIpc) is 3.03. The molecule has 2 aromatic carbocycles. The topological polar surface area (TPSA) is 76.1 Å². The molecule has 0 aromatic heterocycles. The van der Waals surface area contributed by atoms with Gasteiger partial charge in [-0.1, -0.05) is 26.0 Å². The zero-order chi connectivity index (χ0) is 23.3. The lowest BCUT2D eigenvalue weighted by molar-refractivity contribution is -0.139. The molecule has 0 bridgehead atoms. The van der Waals surface area contributed by atoms with Crippen molar-refractivity contribution in [1.82, 2.24) is 4.90 Å². The molecule has 1 fully saturated rings. The van der Waals surface area contributed by atoms with Crippen LogP contribution in [0.2, 0.25) is 0 Å². The van der Waals surface area contributed by atoms with Crippen molar-refractivity contribution in [2.24, 2.45) is 0 Å². The highest BCUT2D eigenvalue weighted by Crippen LogP contribution is 2.40. The second-order valence-corrected chi connectivity index (χ2v) is 7.83. The summed E-state index contributed by atoms with van der Waals surface area (Å²) in [6.07, 6.45) is 1.58. The van der Waals surface area contributed by atoms with Gasteiger partial charge in [0.25, 0.3) is 11.7 Å². The monoisotopic (exact) mass is 437 g/mol. The van der Waals surface area contributed by atoms with Crippen molar-refractivity contribution in [3.05, 3.63) is 64.7 Å². The summed E-state index contributed by atoms with van der Waals surface area (Å²) in [7, 11) is 0. The number of amides is 1. The largest absolute Gasteiger partial charge is 0.507 e. The van der Waals surface area contributed by atoms with Crippen molar-refractivity contribution in [2.75, 3.05) is 19.8 Å². The fourth-order valence-electron chi connectivity index (χ4n) is 3.97. The average molecular weight is 438 g/mol. The maximum atomic E-state index is 13.0. The van der Waals surface area contributed by atoms with Crippen molar-refractivity contribution in [3.8, 4) is 11.5 Å². The number of carbonyl (C=O) groups is 2. The molecule has 0 saturated carbocycles. The van der Waals surface area contributed by atoms with Crippen LogP contribution in [0.15, 0.2) is 48.0 Å². The molecule has 0 radical (unpaired) electrons. The van der Waals surface area contributed by atoms with E-state index in [1.54, 1.807) is 18.2 Å². The van der Waals surface area contributed by atoms with Gasteiger partial charge in [-0.15, -0.1) is 0 Å². The minimum atomic E-state index is -0.674. The fraction of sp³-hybridized carbons (Fsp3) is 0.385. The van der Waals surface area contributed by atoms with E-state index in [1.165, 1.54) is 4.90 Å². The number of rotatable bonds is 9. The molecule has 0 spiro atoms. The predicted molar refractivity (Wildman–Crippen MR) is 124 cm³/mol. The number of nitrogens with zero attached hydrogens (tertiary/aromatic N) is 1. The molecule has 6 heteroatoms. The van der Waals surface area contributed by atoms with Crippen molar-refractivity contribution in [3.63, 3.8) is 0 Å². The lowest BCUT2D eigenvalue weighted by Gasteiger charge is -2.25. The first-order valence-electron chi connectivity index (χ1n) is 11.2. The van der Waals surface area contributed by atoms with Crippen LogP contribution in [0.25, 0.3) is 5.76 Å². The maximum absolute atomic E-state index is 13.0. The fourth-order valence-corrected chi connectivity index (χ4v) is 3.97. The molecule has 1 amide bonds. The van der Waals surface area contributed by atoms with Gasteiger partial charge in [-0.3, -0.25) is 9.59 Å². The third kappa shape index (κ3) is 4.64. The molecule has 1 aliphatic heterocycles. The Morgan fingerprint density at radius 2 is 1.81 bits per heavy atom. The van der Waals surface area contributed by atoms with Crippen molar-refractivity contribution in [2.45, 2.75) is 46.6 Å². The molecule has 1 atom stereocenters. The number of Topliss-reactive ketones (excluding diaryl/α,β-unsaturated/α-hetero) is 1. The summed E-state index contributed by atoms with van der Waals surface area (Å²) in [6, 6.07) is 11.9. The Morgan fingerprint density at radius 1 is 1.03 bits per heavy atom. The molecule has 3 rings (SSSR count). The lowest BCUT2D eigenvalue weighted by atomic mass is 9.94. The molecule has 32 heavy (non-hydrogen) atoms. The molecular formula is C26H31NO5. The van der Waals surface area contributed by atoms with Gasteiger partial charge in [0.1, 0.15) is 17.3 Å². The number of hydrogen-bond donors (Lipinski definition) is 1. The third-order valence-corrected chi connectivity index (χ3v) is 5.40. The second kappa shape index (κ2) is 10.4. The number of likely N-dealkylation sites (tertiary alicyclic amines) is 1. The van der Waals surface area contributed by atoms with Crippen LogP contribution in [0, 0.1) is 6.92 Å². The summed E-state index contributed by atoms with van der Waals surface area (Å²) >= 11 is 0. The first kappa shape index (κ1) is 23.4. The van der Waals surface area contributed by atoms with Gasteiger partial charge in [0.05, 0.1) is 24.8 Å². The highest BCUT2D eigenvalue weighted by Gasteiger charge is 2.45. The van der Waals surface area contributed by atoms with Crippen LogP contribution in [0.5, 0.6) is 11.5 Å². The molecule has 0 aliphatic carbocycles. The summed E-state index contributed by atoms with van der Waals surface area (Å²) in [6.45, 7) is 9.28. The Labute approximate surface area is 189 Å². The standard InChI is InChI=1S/C26H31NO5/c1-5-13-27-23(18-9-8-10-20(16-18)31-7-3)22(25(29)26(27)30)24(28)19-11-12-21(17(4)15-19)32-14-6-2/h8-12,15-16,23,28H,5-7,13-14H2,1-4H3/b24-22+. The van der Waals surface area contributed by atoms with Crippen LogP contribution in [0.3, 0.4) is 0 Å². The van der Waals surface area contributed by atoms with E-state index in [0.717, 1.165) is 23.3 Å². The number of carbonyl (C=O) groups excluding carboxylic acids is 2. The number of hydrogen-bond acceptors (Lipinski definition) is 5. The molecule has 1 aliphatic rings. The van der Waals surface area contributed by atoms with E-state index in [-0.39, 0.29) is 11.3 Å². The molecule has 1 heterocycles. The highest BCUT2D eigenvalue weighted by atomic mass is 16.5. The molecule has 170 valence electrons. The number of benzene rings is 2. The maximum Gasteiger partial charge on any atom is 0.295 e. The highest BCUT2D eigenvalue weighted by molar-refractivity contribution is 6.46. The van der Waals surface area contributed by atoms with E-state index in [4.69, 9.17) is 9.47 Å². The van der Waals surface area contributed by atoms with E-state index >= 15 is 0 Å². The van der Waals surface area contributed by atoms with Crippen LogP contribution >= 0.6 is 0 Å². The first-order valence-corrected chi connectivity index (χ1v) is 11.2. The Bertz CT molecular complexity index is 1030. The zero-order valence-corrected chi connectivity index (χ0v) is 19.2. The number of aryl methyl sites for hydroxylation is 1. The van der Waals surface area contributed by atoms with Crippen LogP contribution in [0.1, 0.15) is 56.3 Å². The van der Waals surface area contributed by atoms with E-state index < -0.39 is 17.7 Å². The molecular weight excluding hydrogens is 406 g/mol. The quantitative estimate of drug-likeness (QED) is 0.339. The molecule has 1 N–H and O–H groups in total. The van der Waals surface area contributed by atoms with Crippen LogP contribution in [-0.4, -0.2) is 41.5 Å². The Kier molecular flexibility index (Phi) is 7.57. The molecule has 2 aromatic rings. The third-order valence-electron chi connectivity index (χ3n) is 5.40. The SMILES string of the molecule is CCCOc1ccc(/C(O)=C2\C(=O)C(=O)N(CCC)C2c2cccc(OCC)c2)cc1C. The number of ketones is 1. The Balaban J connectivity index is 2.11. The van der Waals surface area contributed by atoms with E-state index in [2.05, 4.69) is 0 Å². The first-order chi connectivity index (χ1) is 15.4. The minimum absolute atomic E-state index is 0.0960. The van der Waals surface area contributed by atoms with E-state index in [1.807, 2.05) is 52.0 Å². The van der Waals surface area contributed by atoms with Crippen molar-refractivity contribution < 1.29 is 24.2 Å². The summed E-state index contributed by atoms with van der Waals surface area (Å²) < 4.78 is 11.3. The lowest BCUT2D eigenvalue weighted by Crippen LogP contribution is -2.30. The van der Waals surface area contributed by atoms with Crippen LogP contribution in [0.4, 0.5) is 0 Å².